The Labute approximate surface area is 250 Å². The number of benzene rings is 1. The molecule has 0 bridgehead atoms. The van der Waals surface area contributed by atoms with Gasteiger partial charge in [0.1, 0.15) is 6.07 Å². The van der Waals surface area contributed by atoms with Crippen molar-refractivity contribution in [2.45, 2.75) is 63.7 Å². The lowest BCUT2D eigenvalue weighted by Crippen LogP contribution is -2.54. The van der Waals surface area contributed by atoms with Gasteiger partial charge >= 0.3 is 6.18 Å². The molecular formula is C32H38F3N7O. The van der Waals surface area contributed by atoms with Crippen molar-refractivity contribution in [1.29, 1.82) is 5.26 Å². The Hall–Kier alpha value is -3.91. The van der Waals surface area contributed by atoms with Crippen LogP contribution in [0.5, 0.6) is 0 Å². The van der Waals surface area contributed by atoms with Gasteiger partial charge in [-0.1, -0.05) is 19.9 Å². The molecule has 1 amide bonds. The number of aryl methyl sites for hydroxylation is 1. The fraction of sp³-hybridized carbons (Fsp3) is 0.500. The van der Waals surface area contributed by atoms with Crippen LogP contribution in [0.2, 0.25) is 0 Å². The predicted octanol–water partition coefficient (Wildman–Crippen LogP) is 5.24. The molecule has 2 aliphatic rings. The maximum absolute atomic E-state index is 14.1. The molecule has 0 aliphatic carbocycles. The minimum Gasteiger partial charge on any atom is -0.370 e. The van der Waals surface area contributed by atoms with Crippen LogP contribution in [0.15, 0.2) is 48.8 Å². The summed E-state index contributed by atoms with van der Waals surface area (Å²) < 4.78 is 41.8. The van der Waals surface area contributed by atoms with Gasteiger partial charge in [-0.05, 0) is 81.1 Å². The minimum absolute atomic E-state index is 0.0270. The van der Waals surface area contributed by atoms with Crippen LogP contribution >= 0.6 is 0 Å². The molecule has 2 aromatic heterocycles. The monoisotopic (exact) mass is 593 g/mol. The van der Waals surface area contributed by atoms with E-state index in [1.807, 2.05) is 40.9 Å². The number of carbonyl (C=O) groups is 1. The highest BCUT2D eigenvalue weighted by Crippen LogP contribution is 2.40. The first kappa shape index (κ1) is 30.5. The summed E-state index contributed by atoms with van der Waals surface area (Å²) in [7, 11) is 2.03. The van der Waals surface area contributed by atoms with Crippen molar-refractivity contribution in [2.24, 2.45) is 5.92 Å². The fourth-order valence-corrected chi connectivity index (χ4v) is 6.17. The van der Waals surface area contributed by atoms with E-state index in [1.54, 1.807) is 12.4 Å². The highest BCUT2D eigenvalue weighted by Gasteiger charge is 2.44. The lowest BCUT2D eigenvalue weighted by molar-refractivity contribution is -0.137. The lowest BCUT2D eigenvalue weighted by atomic mass is 9.72. The summed E-state index contributed by atoms with van der Waals surface area (Å²) in [5.41, 5.74) is 1.21. The van der Waals surface area contributed by atoms with Crippen LogP contribution in [0.3, 0.4) is 0 Å². The van der Waals surface area contributed by atoms with Crippen LogP contribution in [-0.2, 0) is 22.9 Å². The van der Waals surface area contributed by atoms with Crippen LogP contribution in [0.1, 0.15) is 56.2 Å². The van der Waals surface area contributed by atoms with Crippen molar-refractivity contribution >= 4 is 11.6 Å². The second-order valence-corrected chi connectivity index (χ2v) is 12.2. The van der Waals surface area contributed by atoms with Crippen molar-refractivity contribution < 1.29 is 18.0 Å². The lowest BCUT2D eigenvalue weighted by Gasteiger charge is -2.42. The summed E-state index contributed by atoms with van der Waals surface area (Å²) in [6, 6.07) is 11.1. The molecule has 8 nitrogen and oxygen atoms in total. The number of hydrogen-bond acceptors (Lipinski definition) is 6. The van der Waals surface area contributed by atoms with E-state index in [4.69, 9.17) is 4.98 Å². The fourth-order valence-electron chi connectivity index (χ4n) is 6.17. The maximum Gasteiger partial charge on any atom is 0.416 e. The van der Waals surface area contributed by atoms with Gasteiger partial charge in [0, 0.05) is 44.6 Å². The molecule has 11 heteroatoms. The average Bonchev–Trinajstić information content (AvgIpc) is 3.64. The average molecular weight is 594 g/mol. The summed E-state index contributed by atoms with van der Waals surface area (Å²) in [5, 5.41) is 17.4. The van der Waals surface area contributed by atoms with E-state index in [2.05, 4.69) is 29.2 Å². The second kappa shape index (κ2) is 12.4. The Morgan fingerprint density at radius 1 is 1.16 bits per heavy atom. The number of piperidine rings is 1. The maximum atomic E-state index is 14.1. The van der Waals surface area contributed by atoms with Crippen LogP contribution in [-0.4, -0.2) is 64.8 Å². The largest absolute Gasteiger partial charge is 0.416 e. The molecule has 0 spiro atoms. The molecule has 3 aromatic rings. The zero-order valence-corrected chi connectivity index (χ0v) is 24.9. The standard InChI is InChI=1S/C32H38F3N7O/c1-22(2)9-15-42-29(8-13-38-42)27-6-4-25(20-37-27)31(30(43)39-26-10-14-40(3)21-26)11-16-41(17-12-31)28-7-5-24(32(33,34)35)18-23(28)19-36/h4-8,13,18,20,22,26H,9-12,14-17,21H2,1-3H3,(H,39,43)/t26-/m1/s1. The van der Waals surface area contributed by atoms with Gasteiger partial charge in [0.25, 0.3) is 0 Å². The van der Waals surface area contributed by atoms with Gasteiger partial charge in [-0.15, -0.1) is 0 Å². The van der Waals surface area contributed by atoms with Gasteiger partial charge in [-0.2, -0.15) is 23.5 Å². The molecule has 228 valence electrons. The molecule has 4 heterocycles. The van der Waals surface area contributed by atoms with Gasteiger partial charge in [0.2, 0.25) is 5.91 Å². The zero-order valence-electron chi connectivity index (χ0n) is 24.9. The number of halogens is 3. The highest BCUT2D eigenvalue weighted by molar-refractivity contribution is 5.89. The van der Waals surface area contributed by atoms with Gasteiger partial charge in [-0.25, -0.2) is 0 Å². The highest BCUT2D eigenvalue weighted by atomic mass is 19.4. The number of nitriles is 1. The number of amides is 1. The molecule has 1 N–H and O–H groups in total. The van der Waals surface area contributed by atoms with Crippen molar-refractivity contribution in [3.05, 3.63) is 65.5 Å². The number of likely N-dealkylation sites (N-methyl/N-ethyl adjacent to an activating group) is 1. The first-order valence-electron chi connectivity index (χ1n) is 14.8. The Morgan fingerprint density at radius 3 is 2.53 bits per heavy atom. The molecule has 0 unspecified atom stereocenters. The van der Waals surface area contributed by atoms with E-state index >= 15 is 0 Å². The van der Waals surface area contributed by atoms with E-state index in [1.165, 1.54) is 6.07 Å². The number of alkyl halides is 3. The summed E-state index contributed by atoms with van der Waals surface area (Å²) in [6.45, 7) is 7.64. The SMILES string of the molecule is CC(C)CCn1nccc1-c1ccc(C2(C(=O)N[C@@H]3CCN(C)C3)CCN(c3ccc(C(F)(F)F)cc3C#N)CC2)cn1. The van der Waals surface area contributed by atoms with Gasteiger partial charge in [-0.3, -0.25) is 14.5 Å². The van der Waals surface area contributed by atoms with E-state index in [0.29, 0.717) is 37.5 Å². The van der Waals surface area contributed by atoms with Crippen LogP contribution in [0.4, 0.5) is 18.9 Å². The molecular weight excluding hydrogens is 555 g/mol. The normalized spacial score (nSPS) is 19.0. The van der Waals surface area contributed by atoms with Crippen molar-refractivity contribution in [1.82, 2.24) is 25.0 Å². The van der Waals surface area contributed by atoms with Gasteiger partial charge in [0.15, 0.2) is 0 Å². The first-order chi connectivity index (χ1) is 20.5. The summed E-state index contributed by atoms with van der Waals surface area (Å²) in [4.78, 5) is 22.9. The summed E-state index contributed by atoms with van der Waals surface area (Å²) in [5.74, 6) is 0.486. The van der Waals surface area contributed by atoms with Gasteiger partial charge in [0.05, 0.1) is 33.6 Å². The molecule has 1 aromatic carbocycles. The van der Waals surface area contributed by atoms with E-state index in [0.717, 1.165) is 61.6 Å². The Bertz CT molecular complexity index is 1470. The molecule has 43 heavy (non-hydrogen) atoms. The van der Waals surface area contributed by atoms with E-state index in [-0.39, 0.29) is 17.5 Å². The third-order valence-corrected chi connectivity index (χ3v) is 8.78. The number of aromatic nitrogens is 3. The third kappa shape index (κ3) is 6.54. The molecule has 2 saturated heterocycles. The van der Waals surface area contributed by atoms with Crippen LogP contribution in [0, 0.1) is 17.2 Å². The molecule has 1 atom stereocenters. The first-order valence-corrected chi connectivity index (χ1v) is 14.8. The van der Waals surface area contributed by atoms with Crippen LogP contribution < -0.4 is 10.2 Å². The molecule has 0 radical (unpaired) electrons. The van der Waals surface area contributed by atoms with Crippen molar-refractivity contribution in [3.8, 4) is 17.5 Å². The Kier molecular flexibility index (Phi) is 8.79. The number of rotatable bonds is 8. The number of nitrogens with zero attached hydrogens (tertiary/aromatic N) is 6. The number of likely N-dealkylation sites (tertiary alicyclic amines) is 1. The third-order valence-electron chi connectivity index (χ3n) is 8.78. The number of hydrogen-bond donors (Lipinski definition) is 1. The topological polar surface area (TPSA) is 90.1 Å². The Morgan fingerprint density at radius 2 is 1.93 bits per heavy atom. The van der Waals surface area contributed by atoms with E-state index in [9.17, 15) is 23.2 Å². The number of pyridine rings is 1. The molecule has 5 rings (SSSR count). The molecule has 0 saturated carbocycles. The van der Waals surface area contributed by atoms with Crippen LogP contribution in [0.25, 0.3) is 11.4 Å². The number of nitrogens with one attached hydrogen (secondary N) is 1. The van der Waals surface area contributed by atoms with Gasteiger partial charge < -0.3 is 15.1 Å². The zero-order chi connectivity index (χ0) is 30.8. The predicted molar refractivity (Wildman–Crippen MR) is 158 cm³/mol. The molecule has 2 aliphatic heterocycles. The number of anilines is 1. The summed E-state index contributed by atoms with van der Waals surface area (Å²) in [6.07, 6.45) is 1.75. The van der Waals surface area contributed by atoms with Crippen molar-refractivity contribution in [2.75, 3.05) is 38.1 Å². The Balaban J connectivity index is 1.41. The second-order valence-electron chi connectivity index (χ2n) is 12.2. The van der Waals surface area contributed by atoms with Crippen molar-refractivity contribution in [3.63, 3.8) is 0 Å². The quantitative estimate of drug-likeness (QED) is 0.384. The number of carbonyl (C=O) groups excluding carboxylic acids is 1. The summed E-state index contributed by atoms with van der Waals surface area (Å²) >= 11 is 0. The minimum atomic E-state index is -4.53. The molecule has 2 fully saturated rings. The van der Waals surface area contributed by atoms with E-state index < -0.39 is 17.2 Å². The smallest absolute Gasteiger partial charge is 0.370 e.